The smallest absolute Gasteiger partial charge is 0.339 e. The molecule has 0 unspecified atom stereocenters. The summed E-state index contributed by atoms with van der Waals surface area (Å²) in [5.74, 6) is 0.608. The van der Waals surface area contributed by atoms with E-state index in [0.29, 0.717) is 40.7 Å². The molecule has 3 rings (SSSR count). The highest BCUT2D eigenvalue weighted by Gasteiger charge is 2.12. The van der Waals surface area contributed by atoms with E-state index in [2.05, 4.69) is 36.1 Å². The maximum absolute atomic E-state index is 11.4. The quantitative estimate of drug-likeness (QED) is 0.263. The SMILES string of the molecule is CN(C)C=Nc1cccc(-c2nncn2CCCCOc2ccc(Br)cc2C(=O)O)n1. The number of rotatable bonds is 10. The Balaban J connectivity index is 1.56. The molecule has 9 nitrogen and oxygen atoms in total. The number of halogens is 1. The van der Waals surface area contributed by atoms with E-state index in [1.165, 1.54) is 6.07 Å². The minimum Gasteiger partial charge on any atom is -0.493 e. The number of benzene rings is 1. The first kappa shape index (κ1) is 22.4. The first-order valence-electron chi connectivity index (χ1n) is 9.65. The summed E-state index contributed by atoms with van der Waals surface area (Å²) in [5.41, 5.74) is 0.835. The summed E-state index contributed by atoms with van der Waals surface area (Å²) in [7, 11) is 3.79. The minimum atomic E-state index is -1.02. The highest BCUT2D eigenvalue weighted by atomic mass is 79.9. The minimum absolute atomic E-state index is 0.137. The lowest BCUT2D eigenvalue weighted by atomic mass is 10.2. The van der Waals surface area contributed by atoms with Crippen molar-refractivity contribution in [3.63, 3.8) is 0 Å². The van der Waals surface area contributed by atoms with Gasteiger partial charge in [-0.1, -0.05) is 22.0 Å². The molecular weight excluding hydrogens is 464 g/mol. The van der Waals surface area contributed by atoms with Gasteiger partial charge in [-0.25, -0.2) is 14.8 Å². The Bertz CT molecular complexity index is 1070. The van der Waals surface area contributed by atoms with Crippen LogP contribution < -0.4 is 4.74 Å². The largest absolute Gasteiger partial charge is 0.493 e. The molecule has 1 aromatic carbocycles. The van der Waals surface area contributed by atoms with Crippen molar-refractivity contribution >= 4 is 34.1 Å². The number of aromatic nitrogens is 4. The maximum Gasteiger partial charge on any atom is 0.339 e. The highest BCUT2D eigenvalue weighted by molar-refractivity contribution is 9.10. The third-order valence-corrected chi connectivity index (χ3v) is 4.72. The maximum atomic E-state index is 11.4. The van der Waals surface area contributed by atoms with Gasteiger partial charge in [0.25, 0.3) is 0 Å². The Morgan fingerprint density at radius 2 is 2.13 bits per heavy atom. The Labute approximate surface area is 188 Å². The number of ether oxygens (including phenoxy) is 1. The van der Waals surface area contributed by atoms with Gasteiger partial charge >= 0.3 is 5.97 Å². The summed E-state index contributed by atoms with van der Waals surface area (Å²) in [5, 5.41) is 17.5. The molecule has 0 spiro atoms. The molecule has 0 radical (unpaired) electrons. The Kier molecular flexibility index (Phi) is 7.71. The van der Waals surface area contributed by atoms with E-state index >= 15 is 0 Å². The van der Waals surface area contributed by atoms with Gasteiger partial charge in [0, 0.05) is 25.1 Å². The van der Waals surface area contributed by atoms with Crippen molar-refractivity contribution in [1.82, 2.24) is 24.6 Å². The predicted molar refractivity (Wildman–Crippen MR) is 121 cm³/mol. The molecule has 2 heterocycles. The van der Waals surface area contributed by atoms with E-state index in [0.717, 1.165) is 12.8 Å². The summed E-state index contributed by atoms with van der Waals surface area (Å²) in [6.07, 6.45) is 4.92. The lowest BCUT2D eigenvalue weighted by molar-refractivity contribution is 0.0692. The van der Waals surface area contributed by atoms with Crippen LogP contribution in [0.2, 0.25) is 0 Å². The van der Waals surface area contributed by atoms with Crippen LogP contribution in [0.15, 0.2) is 52.2 Å². The second-order valence-corrected chi connectivity index (χ2v) is 7.85. The number of hydrogen-bond acceptors (Lipinski definition) is 6. The number of carboxylic acids is 1. The molecule has 3 aromatic rings. The summed E-state index contributed by atoms with van der Waals surface area (Å²) in [6.45, 7) is 1.09. The van der Waals surface area contributed by atoms with Gasteiger partial charge in [0.1, 0.15) is 23.3 Å². The van der Waals surface area contributed by atoms with E-state index in [1.54, 1.807) is 24.8 Å². The van der Waals surface area contributed by atoms with E-state index in [-0.39, 0.29) is 5.56 Å². The number of unbranched alkanes of at least 4 members (excludes halogenated alkanes) is 1. The molecule has 0 atom stereocenters. The van der Waals surface area contributed by atoms with Crippen LogP contribution in [0.5, 0.6) is 5.75 Å². The molecule has 0 fully saturated rings. The average molecular weight is 487 g/mol. The second kappa shape index (κ2) is 10.7. The monoisotopic (exact) mass is 486 g/mol. The molecule has 31 heavy (non-hydrogen) atoms. The lowest BCUT2D eigenvalue weighted by Gasteiger charge is -2.10. The summed E-state index contributed by atoms with van der Waals surface area (Å²) in [4.78, 5) is 22.0. The van der Waals surface area contributed by atoms with Crippen LogP contribution in [0.25, 0.3) is 11.5 Å². The number of carboxylic acid groups (broad SMARTS) is 1. The van der Waals surface area contributed by atoms with Crippen molar-refractivity contribution in [2.24, 2.45) is 4.99 Å². The first-order valence-corrected chi connectivity index (χ1v) is 10.4. The van der Waals surface area contributed by atoms with E-state index in [4.69, 9.17) is 4.74 Å². The molecule has 0 saturated heterocycles. The van der Waals surface area contributed by atoms with Crippen LogP contribution in [-0.2, 0) is 6.54 Å². The van der Waals surface area contributed by atoms with Crippen LogP contribution >= 0.6 is 15.9 Å². The van der Waals surface area contributed by atoms with Crippen molar-refractivity contribution < 1.29 is 14.6 Å². The number of hydrogen-bond donors (Lipinski definition) is 1. The third-order valence-electron chi connectivity index (χ3n) is 4.22. The Morgan fingerprint density at radius 3 is 2.90 bits per heavy atom. The molecule has 0 aliphatic heterocycles. The van der Waals surface area contributed by atoms with Crippen LogP contribution in [0.4, 0.5) is 5.82 Å². The van der Waals surface area contributed by atoms with Gasteiger partial charge in [0.15, 0.2) is 11.6 Å². The van der Waals surface area contributed by atoms with E-state index in [9.17, 15) is 9.90 Å². The zero-order chi connectivity index (χ0) is 22.2. The molecule has 0 saturated carbocycles. The van der Waals surface area contributed by atoms with Crippen LogP contribution in [0.3, 0.4) is 0 Å². The van der Waals surface area contributed by atoms with Gasteiger partial charge in [-0.05, 0) is 43.2 Å². The number of carbonyl (C=O) groups is 1. The lowest BCUT2D eigenvalue weighted by Crippen LogP contribution is -2.07. The van der Waals surface area contributed by atoms with Crippen LogP contribution in [-0.4, -0.2) is 62.8 Å². The number of pyridine rings is 1. The molecule has 2 aromatic heterocycles. The molecule has 0 amide bonds. The Morgan fingerprint density at radius 1 is 1.29 bits per heavy atom. The molecule has 0 aliphatic carbocycles. The normalized spacial score (nSPS) is 11.1. The van der Waals surface area contributed by atoms with Gasteiger partial charge in [-0.3, -0.25) is 0 Å². The number of nitrogens with zero attached hydrogens (tertiary/aromatic N) is 6. The molecular formula is C21H23BrN6O3. The Hall–Kier alpha value is -3.27. The molecule has 0 bridgehead atoms. The van der Waals surface area contributed by atoms with Crippen molar-refractivity contribution in [2.45, 2.75) is 19.4 Å². The highest BCUT2D eigenvalue weighted by Crippen LogP contribution is 2.24. The fourth-order valence-corrected chi connectivity index (χ4v) is 3.13. The molecule has 0 aliphatic rings. The van der Waals surface area contributed by atoms with E-state index < -0.39 is 5.97 Å². The van der Waals surface area contributed by atoms with Crippen molar-refractivity contribution in [2.75, 3.05) is 20.7 Å². The van der Waals surface area contributed by atoms with Gasteiger partial charge in [-0.2, -0.15) is 0 Å². The fraction of sp³-hybridized carbons (Fsp3) is 0.286. The van der Waals surface area contributed by atoms with Gasteiger partial charge in [0.2, 0.25) is 0 Å². The van der Waals surface area contributed by atoms with E-state index in [1.807, 2.05) is 41.8 Å². The summed E-state index contributed by atoms with van der Waals surface area (Å²) >= 11 is 3.28. The zero-order valence-electron chi connectivity index (χ0n) is 17.3. The molecule has 10 heteroatoms. The predicted octanol–water partition coefficient (Wildman–Crippen LogP) is 3.88. The first-order chi connectivity index (χ1) is 14.9. The van der Waals surface area contributed by atoms with Gasteiger partial charge in [0.05, 0.1) is 12.9 Å². The zero-order valence-corrected chi connectivity index (χ0v) is 18.9. The van der Waals surface area contributed by atoms with Crippen LogP contribution in [0, 0.1) is 0 Å². The molecule has 1 N–H and O–H groups in total. The topological polar surface area (TPSA) is 106 Å². The summed E-state index contributed by atoms with van der Waals surface area (Å²) < 4.78 is 8.31. The van der Waals surface area contributed by atoms with Crippen molar-refractivity contribution in [1.29, 1.82) is 0 Å². The van der Waals surface area contributed by atoms with Gasteiger partial charge in [-0.15, -0.1) is 10.2 Å². The average Bonchev–Trinajstić information content (AvgIpc) is 3.21. The number of aryl methyl sites for hydroxylation is 1. The molecule has 162 valence electrons. The third kappa shape index (κ3) is 6.35. The summed E-state index contributed by atoms with van der Waals surface area (Å²) in [6, 6.07) is 10.5. The van der Waals surface area contributed by atoms with Gasteiger partial charge < -0.3 is 19.3 Å². The standard InChI is InChI=1S/C21H23BrN6O3/c1-27(2)13-23-19-7-5-6-17(25-19)20-26-24-14-28(20)10-3-4-11-31-18-9-8-15(22)12-16(18)21(29)30/h5-9,12-14H,3-4,10-11H2,1-2H3,(H,29,30). The second-order valence-electron chi connectivity index (χ2n) is 6.94. The number of aromatic carboxylic acids is 1. The fourth-order valence-electron chi connectivity index (χ4n) is 2.77. The number of aliphatic imine (C=N–C) groups is 1. The van der Waals surface area contributed by atoms with Crippen LogP contribution in [0.1, 0.15) is 23.2 Å². The van der Waals surface area contributed by atoms with Crippen molar-refractivity contribution in [3.05, 3.63) is 52.8 Å². The van der Waals surface area contributed by atoms with Crippen molar-refractivity contribution in [3.8, 4) is 17.3 Å².